The van der Waals surface area contributed by atoms with Crippen LogP contribution in [0.5, 0.6) is 11.5 Å². The van der Waals surface area contributed by atoms with E-state index in [1.807, 2.05) is 6.92 Å². The zero-order valence-corrected chi connectivity index (χ0v) is 15.8. The number of carbonyl (C=O) groups is 2. The van der Waals surface area contributed by atoms with Crippen molar-refractivity contribution in [3.63, 3.8) is 0 Å². The molecule has 1 aromatic rings. The van der Waals surface area contributed by atoms with E-state index in [2.05, 4.69) is 0 Å². The SMILES string of the molecule is CCCOc1ccc(/C=C2/SC(=S)N([C@@H](C)C(=O)O)C2=O)cc1OC. The van der Waals surface area contributed by atoms with E-state index in [1.54, 1.807) is 31.4 Å². The second-order valence-electron chi connectivity index (χ2n) is 5.32. The van der Waals surface area contributed by atoms with Crippen LogP contribution in [0, 0.1) is 0 Å². The van der Waals surface area contributed by atoms with Crippen molar-refractivity contribution in [1.29, 1.82) is 0 Å². The van der Waals surface area contributed by atoms with Crippen LogP contribution in [0.15, 0.2) is 23.1 Å². The maximum Gasteiger partial charge on any atom is 0.326 e. The van der Waals surface area contributed by atoms with Crippen LogP contribution in [-0.4, -0.2) is 46.0 Å². The van der Waals surface area contributed by atoms with E-state index < -0.39 is 17.9 Å². The number of ether oxygens (including phenoxy) is 2. The monoisotopic (exact) mass is 381 g/mol. The van der Waals surface area contributed by atoms with Crippen molar-refractivity contribution in [3.8, 4) is 11.5 Å². The Balaban J connectivity index is 2.27. The highest BCUT2D eigenvalue weighted by atomic mass is 32.2. The third-order valence-corrected chi connectivity index (χ3v) is 4.85. The van der Waals surface area contributed by atoms with Crippen LogP contribution in [-0.2, 0) is 9.59 Å². The van der Waals surface area contributed by atoms with E-state index in [4.69, 9.17) is 26.8 Å². The molecule has 1 saturated heterocycles. The van der Waals surface area contributed by atoms with E-state index in [-0.39, 0.29) is 4.32 Å². The first-order chi connectivity index (χ1) is 11.9. The lowest BCUT2D eigenvalue weighted by Crippen LogP contribution is -2.41. The molecular weight excluding hydrogens is 362 g/mol. The van der Waals surface area contributed by atoms with E-state index in [0.29, 0.717) is 23.0 Å². The second kappa shape index (κ2) is 8.35. The molecule has 0 radical (unpaired) electrons. The third-order valence-electron chi connectivity index (χ3n) is 3.52. The van der Waals surface area contributed by atoms with Crippen LogP contribution in [0.3, 0.4) is 0 Å². The van der Waals surface area contributed by atoms with Crippen molar-refractivity contribution in [3.05, 3.63) is 28.7 Å². The van der Waals surface area contributed by atoms with Gasteiger partial charge in [-0.3, -0.25) is 9.69 Å². The molecule has 6 nitrogen and oxygen atoms in total. The third kappa shape index (κ3) is 4.32. The highest BCUT2D eigenvalue weighted by molar-refractivity contribution is 8.26. The predicted molar refractivity (Wildman–Crippen MR) is 101 cm³/mol. The first kappa shape index (κ1) is 19.3. The van der Waals surface area contributed by atoms with Crippen LogP contribution >= 0.6 is 24.0 Å². The summed E-state index contributed by atoms with van der Waals surface area (Å²) in [6.45, 7) is 4.03. The molecular formula is C17H19NO5S2. The lowest BCUT2D eigenvalue weighted by molar-refractivity contribution is -0.144. The molecule has 25 heavy (non-hydrogen) atoms. The number of thiocarbonyl (C=S) groups is 1. The molecule has 0 aromatic heterocycles. The Labute approximate surface area is 155 Å². The van der Waals surface area contributed by atoms with Crippen molar-refractivity contribution in [2.45, 2.75) is 26.3 Å². The molecule has 8 heteroatoms. The van der Waals surface area contributed by atoms with Crippen LogP contribution in [0.2, 0.25) is 0 Å². The molecule has 1 amide bonds. The number of carboxylic acid groups (broad SMARTS) is 1. The number of carboxylic acids is 1. The number of thioether (sulfide) groups is 1. The van der Waals surface area contributed by atoms with Gasteiger partial charge < -0.3 is 14.6 Å². The van der Waals surface area contributed by atoms with Gasteiger partial charge >= 0.3 is 5.97 Å². The van der Waals surface area contributed by atoms with Gasteiger partial charge in [-0.15, -0.1) is 0 Å². The fourth-order valence-corrected chi connectivity index (χ4v) is 3.60. The van der Waals surface area contributed by atoms with Crippen molar-refractivity contribution >= 4 is 46.3 Å². The molecule has 134 valence electrons. The number of hydrogen-bond acceptors (Lipinski definition) is 6. The highest BCUT2D eigenvalue weighted by Gasteiger charge is 2.38. The van der Waals surface area contributed by atoms with Crippen molar-refractivity contribution < 1.29 is 24.2 Å². The number of methoxy groups -OCH3 is 1. The van der Waals surface area contributed by atoms with Gasteiger partial charge in [0.25, 0.3) is 5.91 Å². The molecule has 0 saturated carbocycles. The van der Waals surface area contributed by atoms with Crippen LogP contribution in [0.1, 0.15) is 25.8 Å². The molecule has 1 heterocycles. The summed E-state index contributed by atoms with van der Waals surface area (Å²) in [7, 11) is 1.55. The first-order valence-electron chi connectivity index (χ1n) is 7.69. The smallest absolute Gasteiger partial charge is 0.326 e. The fraction of sp³-hybridized carbons (Fsp3) is 0.353. The summed E-state index contributed by atoms with van der Waals surface area (Å²) in [4.78, 5) is 25.1. The lowest BCUT2D eigenvalue weighted by Gasteiger charge is -2.18. The Kier molecular flexibility index (Phi) is 6.44. The maximum absolute atomic E-state index is 12.5. The number of carbonyl (C=O) groups excluding carboxylic acids is 1. The molecule has 1 fully saturated rings. The quantitative estimate of drug-likeness (QED) is 0.574. The zero-order valence-electron chi connectivity index (χ0n) is 14.1. The van der Waals surface area contributed by atoms with E-state index in [0.717, 1.165) is 28.6 Å². The molecule has 0 spiro atoms. The molecule has 2 rings (SSSR count). The molecule has 1 aromatic carbocycles. The molecule has 0 aliphatic carbocycles. The van der Waals surface area contributed by atoms with Crippen LogP contribution in [0.4, 0.5) is 0 Å². The molecule has 0 bridgehead atoms. The standard InChI is InChI=1S/C17H19NO5S2/c1-4-7-23-12-6-5-11(8-13(12)22-3)9-14-15(19)18(17(24)25-14)10(2)16(20)21/h5-6,8-10H,4,7H2,1-3H3,(H,20,21)/b14-9+/t10-/m0/s1. The molecule has 1 aliphatic heterocycles. The summed E-state index contributed by atoms with van der Waals surface area (Å²) in [5.74, 6) is -0.308. The van der Waals surface area contributed by atoms with Gasteiger partial charge in [0.15, 0.2) is 11.5 Å². The van der Waals surface area contributed by atoms with Crippen LogP contribution in [0.25, 0.3) is 6.08 Å². The topological polar surface area (TPSA) is 76.1 Å². The van der Waals surface area contributed by atoms with Gasteiger partial charge in [-0.1, -0.05) is 37.0 Å². The lowest BCUT2D eigenvalue weighted by atomic mass is 10.1. The predicted octanol–water partition coefficient (Wildman–Crippen LogP) is 3.16. The zero-order chi connectivity index (χ0) is 18.6. The van der Waals surface area contributed by atoms with Gasteiger partial charge in [-0.25, -0.2) is 4.79 Å². The fourth-order valence-electron chi connectivity index (χ4n) is 2.18. The average molecular weight is 381 g/mol. The van der Waals surface area contributed by atoms with Crippen molar-refractivity contribution in [2.24, 2.45) is 0 Å². The number of nitrogens with zero attached hydrogens (tertiary/aromatic N) is 1. The van der Waals surface area contributed by atoms with E-state index >= 15 is 0 Å². The number of aliphatic carboxylic acids is 1. The molecule has 1 N–H and O–H groups in total. The molecule has 1 aliphatic rings. The minimum Gasteiger partial charge on any atom is -0.493 e. The van der Waals surface area contributed by atoms with Gasteiger partial charge in [0.1, 0.15) is 10.4 Å². The van der Waals surface area contributed by atoms with Gasteiger partial charge in [0, 0.05) is 0 Å². The van der Waals surface area contributed by atoms with Crippen molar-refractivity contribution in [2.75, 3.05) is 13.7 Å². The second-order valence-corrected chi connectivity index (χ2v) is 7.00. The molecule has 1 atom stereocenters. The first-order valence-corrected chi connectivity index (χ1v) is 8.92. The van der Waals surface area contributed by atoms with Gasteiger partial charge in [-0.2, -0.15) is 0 Å². The average Bonchev–Trinajstić information content (AvgIpc) is 2.86. The minimum absolute atomic E-state index is 0.237. The summed E-state index contributed by atoms with van der Waals surface area (Å²) in [6, 6.07) is 4.34. The van der Waals surface area contributed by atoms with E-state index in [9.17, 15) is 9.59 Å². The van der Waals surface area contributed by atoms with Gasteiger partial charge in [0.05, 0.1) is 18.6 Å². The number of amides is 1. The maximum atomic E-state index is 12.5. The number of benzene rings is 1. The Morgan fingerprint density at radius 1 is 1.44 bits per heavy atom. The largest absolute Gasteiger partial charge is 0.493 e. The Hall–Kier alpha value is -2.06. The Bertz CT molecular complexity index is 732. The summed E-state index contributed by atoms with van der Waals surface area (Å²) in [6.07, 6.45) is 2.55. The minimum atomic E-state index is -1.10. The summed E-state index contributed by atoms with van der Waals surface area (Å²) in [5.41, 5.74) is 0.740. The van der Waals surface area contributed by atoms with Gasteiger partial charge in [-0.05, 0) is 37.1 Å². The summed E-state index contributed by atoms with van der Waals surface area (Å²) in [5, 5.41) is 9.11. The Morgan fingerprint density at radius 3 is 2.76 bits per heavy atom. The Morgan fingerprint density at radius 2 is 2.16 bits per heavy atom. The normalized spacial score (nSPS) is 17.1. The highest BCUT2D eigenvalue weighted by Crippen LogP contribution is 2.35. The summed E-state index contributed by atoms with van der Waals surface area (Å²) >= 11 is 6.23. The summed E-state index contributed by atoms with van der Waals surface area (Å²) < 4.78 is 11.2. The van der Waals surface area contributed by atoms with Crippen molar-refractivity contribution in [1.82, 2.24) is 4.90 Å². The molecule has 0 unspecified atom stereocenters. The van der Waals surface area contributed by atoms with Gasteiger partial charge in [0.2, 0.25) is 0 Å². The number of hydrogen-bond donors (Lipinski definition) is 1. The van der Waals surface area contributed by atoms with Crippen LogP contribution < -0.4 is 9.47 Å². The number of rotatable bonds is 7. The van der Waals surface area contributed by atoms with E-state index in [1.165, 1.54) is 6.92 Å².